The van der Waals surface area contributed by atoms with Gasteiger partial charge in [-0.3, -0.25) is 0 Å². The van der Waals surface area contributed by atoms with E-state index in [2.05, 4.69) is 38.1 Å². The van der Waals surface area contributed by atoms with Gasteiger partial charge in [0.1, 0.15) is 0 Å². The van der Waals surface area contributed by atoms with Crippen molar-refractivity contribution in [2.45, 2.75) is 26.7 Å². The van der Waals surface area contributed by atoms with Crippen LogP contribution in [0.4, 0.5) is 0 Å². The van der Waals surface area contributed by atoms with Crippen LogP contribution in [0.2, 0.25) is 0 Å². The smallest absolute Gasteiger partial charge is 0.0221 e. The Bertz CT molecular complexity index is 249. The molecule has 1 heteroatoms. The van der Waals surface area contributed by atoms with Crippen molar-refractivity contribution in [3.8, 4) is 0 Å². The number of hydrogen-bond donors (Lipinski definition) is 0. The Balaban J connectivity index is 0.000000720. The van der Waals surface area contributed by atoms with Crippen LogP contribution in [0.25, 0.3) is 0 Å². The van der Waals surface area contributed by atoms with E-state index in [1.807, 2.05) is 0 Å². The normalized spacial score (nSPS) is 18.2. The number of benzene rings is 1. The van der Waals surface area contributed by atoms with Crippen LogP contribution in [0.1, 0.15) is 25.0 Å². The van der Waals surface area contributed by atoms with E-state index in [0.29, 0.717) is 5.41 Å². The van der Waals surface area contributed by atoms with Gasteiger partial charge >= 0.3 is 0 Å². The molecule has 0 fully saturated rings. The van der Waals surface area contributed by atoms with Crippen molar-refractivity contribution in [2.24, 2.45) is 5.41 Å². The molecule has 1 aromatic rings. The van der Waals surface area contributed by atoms with Crippen LogP contribution in [0, 0.1) is 5.41 Å². The largest absolute Gasteiger partial charge is 0.147 e. The quantitative estimate of drug-likeness (QED) is 0.578. The van der Waals surface area contributed by atoms with E-state index in [4.69, 9.17) is 0 Å². The minimum atomic E-state index is 0. The van der Waals surface area contributed by atoms with Crippen LogP contribution in [-0.4, -0.2) is 0 Å². The second kappa shape index (κ2) is 3.10. The Morgan fingerprint density at radius 2 is 1.42 bits per heavy atom. The van der Waals surface area contributed by atoms with E-state index in [-0.39, 0.29) is 12.4 Å². The lowest BCUT2D eigenvalue weighted by Crippen LogP contribution is -2.09. The summed E-state index contributed by atoms with van der Waals surface area (Å²) < 4.78 is 0. The van der Waals surface area contributed by atoms with Gasteiger partial charge in [-0.1, -0.05) is 38.1 Å². The van der Waals surface area contributed by atoms with Crippen LogP contribution >= 0.6 is 12.4 Å². The van der Waals surface area contributed by atoms with E-state index in [1.165, 1.54) is 12.8 Å². The summed E-state index contributed by atoms with van der Waals surface area (Å²) >= 11 is 0. The van der Waals surface area contributed by atoms with Crippen molar-refractivity contribution in [3.63, 3.8) is 0 Å². The van der Waals surface area contributed by atoms with Crippen molar-refractivity contribution < 1.29 is 0 Å². The third kappa shape index (κ3) is 1.64. The lowest BCUT2D eigenvalue weighted by atomic mass is 9.90. The molecule has 0 amide bonds. The standard InChI is InChI=1S/C11H14.ClH/c1-11(2)7-9-5-3-4-6-10(9)8-11;/h3-6H,7-8H2,1-2H3;1H. The van der Waals surface area contributed by atoms with Gasteiger partial charge in [-0.05, 0) is 29.4 Å². The molecule has 0 bridgehead atoms. The maximum atomic E-state index is 2.34. The first-order valence-electron chi connectivity index (χ1n) is 4.24. The molecular weight excluding hydrogens is 168 g/mol. The van der Waals surface area contributed by atoms with Crippen molar-refractivity contribution in [2.75, 3.05) is 0 Å². The summed E-state index contributed by atoms with van der Waals surface area (Å²) in [6.07, 6.45) is 2.51. The van der Waals surface area contributed by atoms with E-state index in [1.54, 1.807) is 11.1 Å². The van der Waals surface area contributed by atoms with Gasteiger partial charge in [0.25, 0.3) is 0 Å². The summed E-state index contributed by atoms with van der Waals surface area (Å²) in [5, 5.41) is 0. The molecule has 0 heterocycles. The van der Waals surface area contributed by atoms with Gasteiger partial charge in [0.2, 0.25) is 0 Å². The lowest BCUT2D eigenvalue weighted by molar-refractivity contribution is 0.392. The van der Waals surface area contributed by atoms with Gasteiger partial charge < -0.3 is 0 Å². The molecule has 0 saturated carbocycles. The zero-order valence-electron chi connectivity index (χ0n) is 7.63. The molecule has 0 spiro atoms. The highest BCUT2D eigenvalue weighted by atomic mass is 35.5. The van der Waals surface area contributed by atoms with Crippen molar-refractivity contribution in [1.82, 2.24) is 0 Å². The minimum Gasteiger partial charge on any atom is -0.147 e. The zero-order chi connectivity index (χ0) is 7.90. The molecule has 0 radical (unpaired) electrons. The molecule has 12 heavy (non-hydrogen) atoms. The van der Waals surface area contributed by atoms with Crippen LogP contribution < -0.4 is 0 Å². The van der Waals surface area contributed by atoms with Crippen LogP contribution in [-0.2, 0) is 12.8 Å². The van der Waals surface area contributed by atoms with Crippen molar-refractivity contribution >= 4 is 12.4 Å². The maximum Gasteiger partial charge on any atom is -0.0221 e. The first-order valence-corrected chi connectivity index (χ1v) is 4.24. The summed E-state index contributed by atoms with van der Waals surface area (Å²) in [6, 6.07) is 8.79. The first-order chi connectivity index (χ1) is 5.17. The first kappa shape index (κ1) is 9.60. The van der Waals surface area contributed by atoms with E-state index < -0.39 is 0 Å². The van der Waals surface area contributed by atoms with Crippen molar-refractivity contribution in [1.29, 1.82) is 0 Å². The average molecular weight is 183 g/mol. The summed E-state index contributed by atoms with van der Waals surface area (Å²) in [5.41, 5.74) is 3.61. The fourth-order valence-corrected chi connectivity index (χ4v) is 2.00. The number of fused-ring (bicyclic) bond motifs is 1. The molecule has 0 aliphatic heterocycles. The predicted molar refractivity (Wildman–Crippen MR) is 54.9 cm³/mol. The highest BCUT2D eigenvalue weighted by Gasteiger charge is 2.27. The molecule has 0 atom stereocenters. The minimum absolute atomic E-state index is 0. The Hall–Kier alpha value is -0.490. The Kier molecular flexibility index (Phi) is 2.48. The number of rotatable bonds is 0. The third-order valence-corrected chi connectivity index (χ3v) is 2.46. The van der Waals surface area contributed by atoms with Gasteiger partial charge in [0, 0.05) is 0 Å². The lowest BCUT2D eigenvalue weighted by Gasteiger charge is -2.14. The molecule has 0 nitrogen and oxygen atoms in total. The number of hydrogen-bond acceptors (Lipinski definition) is 0. The molecule has 0 N–H and O–H groups in total. The molecule has 66 valence electrons. The Morgan fingerprint density at radius 3 is 1.83 bits per heavy atom. The Labute approximate surface area is 80.4 Å². The van der Waals surface area contributed by atoms with Crippen LogP contribution in [0.3, 0.4) is 0 Å². The highest BCUT2D eigenvalue weighted by molar-refractivity contribution is 5.85. The van der Waals surface area contributed by atoms with Gasteiger partial charge in [0.15, 0.2) is 0 Å². The SMILES string of the molecule is CC1(C)Cc2ccccc2C1.Cl. The molecule has 0 unspecified atom stereocenters. The van der Waals surface area contributed by atoms with E-state index in [0.717, 1.165) is 0 Å². The summed E-state index contributed by atoms with van der Waals surface area (Å²) in [4.78, 5) is 0. The molecule has 2 rings (SSSR count). The van der Waals surface area contributed by atoms with Gasteiger partial charge in [-0.2, -0.15) is 0 Å². The van der Waals surface area contributed by atoms with E-state index >= 15 is 0 Å². The number of halogens is 1. The van der Waals surface area contributed by atoms with E-state index in [9.17, 15) is 0 Å². The topological polar surface area (TPSA) is 0 Å². The fourth-order valence-electron chi connectivity index (χ4n) is 2.00. The molecule has 1 aliphatic carbocycles. The summed E-state index contributed by atoms with van der Waals surface area (Å²) in [7, 11) is 0. The summed E-state index contributed by atoms with van der Waals surface area (Å²) in [6.45, 7) is 4.68. The van der Waals surface area contributed by atoms with Crippen LogP contribution in [0.15, 0.2) is 24.3 Å². The monoisotopic (exact) mass is 182 g/mol. The molecule has 1 aromatic carbocycles. The second-order valence-electron chi connectivity index (χ2n) is 4.29. The van der Waals surface area contributed by atoms with Crippen molar-refractivity contribution in [3.05, 3.63) is 35.4 Å². The zero-order valence-corrected chi connectivity index (χ0v) is 8.45. The van der Waals surface area contributed by atoms with Crippen LogP contribution in [0.5, 0.6) is 0 Å². The average Bonchev–Trinajstić information content (AvgIpc) is 2.21. The maximum absolute atomic E-state index is 2.34. The van der Waals surface area contributed by atoms with Gasteiger partial charge in [-0.25, -0.2) is 0 Å². The Morgan fingerprint density at radius 1 is 1.00 bits per heavy atom. The molecule has 0 saturated heterocycles. The molecule has 1 aliphatic rings. The molecule has 0 aromatic heterocycles. The summed E-state index contributed by atoms with van der Waals surface area (Å²) in [5.74, 6) is 0. The highest BCUT2D eigenvalue weighted by Crippen LogP contribution is 2.35. The molecular formula is C11H15Cl. The van der Waals surface area contributed by atoms with Gasteiger partial charge in [0.05, 0.1) is 0 Å². The third-order valence-electron chi connectivity index (χ3n) is 2.46. The second-order valence-corrected chi connectivity index (χ2v) is 4.29. The van der Waals surface area contributed by atoms with Gasteiger partial charge in [-0.15, -0.1) is 12.4 Å². The fraction of sp³-hybridized carbons (Fsp3) is 0.455. The predicted octanol–water partition coefficient (Wildman–Crippen LogP) is 3.23.